The van der Waals surface area contributed by atoms with E-state index >= 15 is 0 Å². The molecule has 1 aliphatic heterocycles. The van der Waals surface area contributed by atoms with Crippen LogP contribution in [0, 0.1) is 6.92 Å². The summed E-state index contributed by atoms with van der Waals surface area (Å²) >= 11 is 0. The predicted molar refractivity (Wildman–Crippen MR) is 74.7 cm³/mol. The lowest BCUT2D eigenvalue weighted by Gasteiger charge is -2.11. The molecule has 0 aliphatic carbocycles. The van der Waals surface area contributed by atoms with Crippen molar-refractivity contribution in [2.24, 2.45) is 0 Å². The van der Waals surface area contributed by atoms with Crippen molar-refractivity contribution < 1.29 is 9.26 Å². The largest absolute Gasteiger partial charge is 0.379 e. The molecule has 20 heavy (non-hydrogen) atoms. The van der Waals surface area contributed by atoms with E-state index in [1.165, 1.54) is 11.1 Å². The van der Waals surface area contributed by atoms with E-state index in [1.807, 2.05) is 13.1 Å². The van der Waals surface area contributed by atoms with Gasteiger partial charge in [0.05, 0.1) is 19.1 Å². The minimum Gasteiger partial charge on any atom is -0.379 e. The molecule has 3 rings (SSSR count). The number of ether oxygens (including phenoxy) is 1. The van der Waals surface area contributed by atoms with Crippen molar-refractivity contribution in [1.82, 2.24) is 15.5 Å². The number of hydrogen-bond acceptors (Lipinski definition) is 5. The first kappa shape index (κ1) is 13.3. The zero-order valence-corrected chi connectivity index (χ0v) is 11.8. The average molecular weight is 273 g/mol. The van der Waals surface area contributed by atoms with Gasteiger partial charge in [-0.25, -0.2) is 0 Å². The van der Waals surface area contributed by atoms with Gasteiger partial charge < -0.3 is 14.6 Å². The van der Waals surface area contributed by atoms with Crippen molar-refractivity contribution in [1.29, 1.82) is 0 Å². The van der Waals surface area contributed by atoms with Crippen molar-refractivity contribution in [2.45, 2.75) is 25.3 Å². The Morgan fingerprint density at radius 1 is 1.35 bits per heavy atom. The molecule has 1 N–H and O–H groups in total. The summed E-state index contributed by atoms with van der Waals surface area (Å²) in [6.07, 6.45) is 0.697. The number of rotatable bonds is 4. The molecule has 0 radical (unpaired) electrons. The van der Waals surface area contributed by atoms with E-state index < -0.39 is 0 Å². The Balaban J connectivity index is 1.73. The Bertz CT molecular complexity index is 582. The molecule has 0 spiro atoms. The van der Waals surface area contributed by atoms with E-state index in [9.17, 15) is 0 Å². The first-order valence-corrected chi connectivity index (χ1v) is 6.89. The van der Waals surface area contributed by atoms with Crippen molar-refractivity contribution in [3.8, 4) is 0 Å². The van der Waals surface area contributed by atoms with E-state index in [0.717, 1.165) is 5.82 Å². The Kier molecular flexibility index (Phi) is 3.80. The van der Waals surface area contributed by atoms with Gasteiger partial charge in [0, 0.05) is 12.5 Å². The Labute approximate surface area is 118 Å². The zero-order chi connectivity index (χ0) is 13.9. The SMILES string of the molecule is CNC1COCC1c1nc(Cc2cccc(C)c2)no1. The molecule has 0 amide bonds. The van der Waals surface area contributed by atoms with E-state index in [-0.39, 0.29) is 12.0 Å². The number of hydrogen-bond donors (Lipinski definition) is 1. The smallest absolute Gasteiger partial charge is 0.233 e. The van der Waals surface area contributed by atoms with E-state index in [1.54, 1.807) is 0 Å². The van der Waals surface area contributed by atoms with E-state index in [0.29, 0.717) is 25.5 Å². The monoisotopic (exact) mass is 273 g/mol. The highest BCUT2D eigenvalue weighted by Crippen LogP contribution is 2.24. The molecule has 0 saturated carbocycles. The highest BCUT2D eigenvalue weighted by Gasteiger charge is 2.32. The van der Waals surface area contributed by atoms with Gasteiger partial charge in [0.2, 0.25) is 5.89 Å². The molecule has 5 nitrogen and oxygen atoms in total. The molecule has 5 heteroatoms. The van der Waals surface area contributed by atoms with E-state index in [4.69, 9.17) is 9.26 Å². The van der Waals surface area contributed by atoms with Gasteiger partial charge in [-0.05, 0) is 19.5 Å². The third-order valence-corrected chi connectivity index (χ3v) is 3.70. The lowest BCUT2D eigenvalue weighted by Crippen LogP contribution is -2.31. The van der Waals surface area contributed by atoms with Crippen LogP contribution in [-0.4, -0.2) is 36.4 Å². The topological polar surface area (TPSA) is 60.2 Å². The average Bonchev–Trinajstić information content (AvgIpc) is 3.06. The van der Waals surface area contributed by atoms with Crippen LogP contribution in [0.25, 0.3) is 0 Å². The van der Waals surface area contributed by atoms with Gasteiger partial charge in [0.15, 0.2) is 5.82 Å². The van der Waals surface area contributed by atoms with Gasteiger partial charge in [0.25, 0.3) is 0 Å². The molecule has 2 unspecified atom stereocenters. The van der Waals surface area contributed by atoms with Crippen molar-refractivity contribution >= 4 is 0 Å². The van der Waals surface area contributed by atoms with Gasteiger partial charge in [-0.2, -0.15) is 4.98 Å². The standard InChI is InChI=1S/C15H19N3O2/c1-10-4-3-5-11(6-10)7-14-17-15(20-18-14)12-8-19-9-13(12)16-2/h3-6,12-13,16H,7-9H2,1-2H3. The lowest BCUT2D eigenvalue weighted by molar-refractivity contribution is 0.185. The summed E-state index contributed by atoms with van der Waals surface area (Å²) in [6.45, 7) is 3.41. The third-order valence-electron chi connectivity index (χ3n) is 3.70. The highest BCUT2D eigenvalue weighted by molar-refractivity contribution is 5.24. The quantitative estimate of drug-likeness (QED) is 0.918. The van der Waals surface area contributed by atoms with Gasteiger partial charge in [-0.1, -0.05) is 35.0 Å². The lowest BCUT2D eigenvalue weighted by atomic mass is 10.0. The minimum absolute atomic E-state index is 0.152. The number of likely N-dealkylation sites (N-methyl/N-ethyl adjacent to an activating group) is 1. The van der Waals surface area contributed by atoms with Crippen molar-refractivity contribution in [2.75, 3.05) is 20.3 Å². The second kappa shape index (κ2) is 5.73. The van der Waals surface area contributed by atoms with Crippen molar-refractivity contribution in [3.05, 3.63) is 47.1 Å². The number of aromatic nitrogens is 2. The summed E-state index contributed by atoms with van der Waals surface area (Å²) in [5.41, 5.74) is 2.44. The van der Waals surface area contributed by atoms with Crippen LogP contribution in [0.5, 0.6) is 0 Å². The summed E-state index contributed by atoms with van der Waals surface area (Å²) < 4.78 is 10.9. The highest BCUT2D eigenvalue weighted by atomic mass is 16.5. The molecule has 2 atom stereocenters. The van der Waals surface area contributed by atoms with Crippen LogP contribution in [0.3, 0.4) is 0 Å². The fourth-order valence-corrected chi connectivity index (χ4v) is 2.58. The van der Waals surface area contributed by atoms with Crippen molar-refractivity contribution in [3.63, 3.8) is 0 Å². The number of benzene rings is 1. The van der Waals surface area contributed by atoms with E-state index in [2.05, 4.69) is 40.6 Å². The van der Waals surface area contributed by atoms with Crippen LogP contribution in [0.2, 0.25) is 0 Å². The molecule has 1 saturated heterocycles. The van der Waals surface area contributed by atoms with Crippen LogP contribution < -0.4 is 5.32 Å². The fourth-order valence-electron chi connectivity index (χ4n) is 2.58. The zero-order valence-electron chi connectivity index (χ0n) is 11.8. The second-order valence-electron chi connectivity index (χ2n) is 5.25. The van der Waals surface area contributed by atoms with Gasteiger partial charge in [-0.3, -0.25) is 0 Å². The number of aryl methyl sites for hydroxylation is 1. The first-order valence-electron chi connectivity index (χ1n) is 6.89. The summed E-state index contributed by atoms with van der Waals surface area (Å²) in [6, 6.07) is 8.61. The van der Waals surface area contributed by atoms with Gasteiger partial charge in [-0.15, -0.1) is 0 Å². The van der Waals surface area contributed by atoms with Crippen LogP contribution in [0.1, 0.15) is 28.8 Å². The molecular weight excluding hydrogens is 254 g/mol. The molecule has 1 aromatic carbocycles. The van der Waals surface area contributed by atoms with Gasteiger partial charge >= 0.3 is 0 Å². The Morgan fingerprint density at radius 2 is 2.25 bits per heavy atom. The predicted octanol–water partition coefficient (Wildman–Crippen LogP) is 1.67. The third kappa shape index (κ3) is 2.73. The molecule has 1 fully saturated rings. The first-order chi connectivity index (χ1) is 9.76. The number of nitrogens with one attached hydrogen (secondary N) is 1. The Morgan fingerprint density at radius 3 is 3.05 bits per heavy atom. The molecule has 0 bridgehead atoms. The second-order valence-corrected chi connectivity index (χ2v) is 5.25. The molecular formula is C15H19N3O2. The van der Waals surface area contributed by atoms with Crippen LogP contribution >= 0.6 is 0 Å². The molecule has 2 heterocycles. The molecule has 2 aromatic rings. The fraction of sp³-hybridized carbons (Fsp3) is 0.467. The van der Waals surface area contributed by atoms with Crippen LogP contribution in [-0.2, 0) is 11.2 Å². The molecule has 106 valence electrons. The van der Waals surface area contributed by atoms with Crippen LogP contribution in [0.15, 0.2) is 28.8 Å². The maximum absolute atomic E-state index is 5.47. The maximum atomic E-state index is 5.47. The summed E-state index contributed by atoms with van der Waals surface area (Å²) in [7, 11) is 1.93. The summed E-state index contributed by atoms with van der Waals surface area (Å²) in [5, 5.41) is 7.31. The molecule has 1 aromatic heterocycles. The summed E-state index contributed by atoms with van der Waals surface area (Å²) in [4.78, 5) is 4.52. The van der Waals surface area contributed by atoms with Gasteiger partial charge in [0.1, 0.15) is 0 Å². The molecule has 1 aliphatic rings. The maximum Gasteiger partial charge on any atom is 0.233 e. The normalized spacial score (nSPS) is 22.3. The Hall–Kier alpha value is -1.72. The summed E-state index contributed by atoms with van der Waals surface area (Å²) in [5.74, 6) is 1.55. The van der Waals surface area contributed by atoms with Crippen LogP contribution in [0.4, 0.5) is 0 Å². The minimum atomic E-state index is 0.152. The number of nitrogens with zero attached hydrogens (tertiary/aromatic N) is 2.